The zero-order chi connectivity index (χ0) is 19.3. The molecule has 4 rings (SSSR count). The Balaban J connectivity index is 1.41. The number of aromatic nitrogens is 2. The van der Waals surface area contributed by atoms with Crippen LogP contribution in [0.15, 0.2) is 30.3 Å². The van der Waals surface area contributed by atoms with E-state index in [9.17, 15) is 10.1 Å². The van der Waals surface area contributed by atoms with Gasteiger partial charge in [0, 0.05) is 25.7 Å². The second-order valence-electron chi connectivity index (χ2n) is 7.81. The van der Waals surface area contributed by atoms with Gasteiger partial charge in [-0.25, -0.2) is 0 Å². The van der Waals surface area contributed by atoms with Crippen LogP contribution in [0.2, 0.25) is 0 Å². The summed E-state index contributed by atoms with van der Waals surface area (Å²) in [6, 6.07) is 11.8. The number of amides is 1. The van der Waals surface area contributed by atoms with Crippen molar-refractivity contribution in [2.75, 3.05) is 6.54 Å². The van der Waals surface area contributed by atoms with E-state index in [2.05, 4.69) is 27.0 Å². The van der Waals surface area contributed by atoms with Crippen LogP contribution >= 0.6 is 0 Å². The number of carbonyl (C=O) groups is 1. The maximum Gasteiger partial charge on any atom is 0.252 e. The number of hydrogen-bond acceptors (Lipinski definition) is 4. The van der Waals surface area contributed by atoms with Crippen LogP contribution in [-0.4, -0.2) is 33.2 Å². The Kier molecular flexibility index (Phi) is 5.73. The monoisotopic (exact) mass is 377 g/mol. The molecular formula is C22H27N5O. The zero-order valence-electron chi connectivity index (χ0n) is 16.2. The van der Waals surface area contributed by atoms with Gasteiger partial charge in [-0.05, 0) is 37.5 Å². The van der Waals surface area contributed by atoms with Crippen molar-refractivity contribution in [2.45, 2.75) is 64.2 Å². The molecule has 28 heavy (non-hydrogen) atoms. The second kappa shape index (κ2) is 8.57. The van der Waals surface area contributed by atoms with E-state index in [4.69, 9.17) is 5.10 Å². The van der Waals surface area contributed by atoms with Gasteiger partial charge in [-0.15, -0.1) is 0 Å². The number of nitrogens with one attached hydrogen (secondary N) is 1. The topological polar surface area (TPSA) is 74.0 Å². The van der Waals surface area contributed by atoms with Gasteiger partial charge in [-0.2, -0.15) is 10.4 Å². The van der Waals surface area contributed by atoms with Crippen molar-refractivity contribution in [1.82, 2.24) is 20.0 Å². The average molecular weight is 377 g/mol. The molecule has 0 unspecified atom stereocenters. The van der Waals surface area contributed by atoms with Gasteiger partial charge in [0.2, 0.25) is 0 Å². The quantitative estimate of drug-likeness (QED) is 0.888. The molecule has 0 saturated heterocycles. The van der Waals surface area contributed by atoms with E-state index in [1.165, 1.54) is 37.8 Å². The average Bonchev–Trinajstić information content (AvgIpc) is 3.02. The Morgan fingerprint density at radius 3 is 2.82 bits per heavy atom. The highest BCUT2D eigenvalue weighted by Gasteiger charge is 2.24. The van der Waals surface area contributed by atoms with Gasteiger partial charge in [-0.1, -0.05) is 31.4 Å². The SMILES string of the molecule is N#Cc1ccccc1C(=O)NCc1cc2n(n1)CCCN(C1CCCCC1)C2. The number of benzene rings is 1. The van der Waals surface area contributed by atoms with Crippen molar-refractivity contribution in [3.63, 3.8) is 0 Å². The fraction of sp³-hybridized carbons (Fsp3) is 0.500. The number of hydrogen-bond donors (Lipinski definition) is 1. The lowest BCUT2D eigenvalue weighted by Crippen LogP contribution is -2.36. The maximum atomic E-state index is 12.4. The molecule has 1 aliphatic heterocycles. The zero-order valence-corrected chi connectivity index (χ0v) is 16.2. The molecule has 1 aromatic heterocycles. The number of rotatable bonds is 4. The summed E-state index contributed by atoms with van der Waals surface area (Å²) < 4.78 is 2.10. The third-order valence-corrected chi connectivity index (χ3v) is 5.91. The van der Waals surface area contributed by atoms with Crippen LogP contribution in [0.1, 0.15) is 65.8 Å². The van der Waals surface area contributed by atoms with Gasteiger partial charge in [0.15, 0.2) is 0 Å². The van der Waals surface area contributed by atoms with Crippen molar-refractivity contribution in [1.29, 1.82) is 5.26 Å². The Labute approximate surface area is 166 Å². The van der Waals surface area contributed by atoms with E-state index in [1.807, 2.05) is 0 Å². The van der Waals surface area contributed by atoms with Gasteiger partial charge in [-0.3, -0.25) is 14.4 Å². The van der Waals surface area contributed by atoms with Gasteiger partial charge in [0.05, 0.1) is 35.1 Å². The van der Waals surface area contributed by atoms with E-state index >= 15 is 0 Å². The molecule has 1 saturated carbocycles. The van der Waals surface area contributed by atoms with Gasteiger partial charge < -0.3 is 5.32 Å². The summed E-state index contributed by atoms with van der Waals surface area (Å²) in [5.74, 6) is -0.232. The fourth-order valence-corrected chi connectivity index (χ4v) is 4.44. The molecule has 2 heterocycles. The van der Waals surface area contributed by atoms with Crippen LogP contribution in [0, 0.1) is 11.3 Å². The number of nitriles is 1. The molecule has 6 nitrogen and oxygen atoms in total. The first-order valence-electron chi connectivity index (χ1n) is 10.3. The number of fused-ring (bicyclic) bond motifs is 1. The lowest BCUT2D eigenvalue weighted by molar-refractivity contribution is 0.0950. The molecule has 0 bridgehead atoms. The van der Waals surface area contributed by atoms with Crippen molar-refractivity contribution >= 4 is 5.91 Å². The molecule has 1 fully saturated rings. The molecular weight excluding hydrogens is 350 g/mol. The molecule has 1 N–H and O–H groups in total. The van der Waals surface area contributed by atoms with E-state index in [-0.39, 0.29) is 5.91 Å². The third kappa shape index (κ3) is 4.10. The number of nitrogens with zero attached hydrogens (tertiary/aromatic N) is 4. The van der Waals surface area contributed by atoms with Crippen LogP contribution in [0.4, 0.5) is 0 Å². The first kappa shape index (κ1) is 18.7. The molecule has 1 aliphatic carbocycles. The van der Waals surface area contributed by atoms with Gasteiger partial charge in [0.1, 0.15) is 0 Å². The van der Waals surface area contributed by atoms with E-state index in [0.29, 0.717) is 23.7 Å². The molecule has 1 aromatic carbocycles. The fourth-order valence-electron chi connectivity index (χ4n) is 4.44. The Hall–Kier alpha value is -2.65. The number of carbonyl (C=O) groups excluding carboxylic acids is 1. The lowest BCUT2D eigenvalue weighted by Gasteiger charge is -2.33. The van der Waals surface area contributed by atoms with Crippen molar-refractivity contribution in [3.8, 4) is 6.07 Å². The minimum Gasteiger partial charge on any atom is -0.346 e. The highest BCUT2D eigenvalue weighted by atomic mass is 16.1. The lowest BCUT2D eigenvalue weighted by atomic mass is 9.94. The summed E-state index contributed by atoms with van der Waals surface area (Å²) in [5.41, 5.74) is 2.92. The third-order valence-electron chi connectivity index (χ3n) is 5.91. The van der Waals surface area contributed by atoms with Crippen molar-refractivity contribution in [3.05, 3.63) is 52.8 Å². The van der Waals surface area contributed by atoms with E-state index < -0.39 is 0 Å². The normalized spacial score (nSPS) is 18.1. The van der Waals surface area contributed by atoms with Crippen LogP contribution in [0.25, 0.3) is 0 Å². The Bertz CT molecular complexity index is 875. The summed E-state index contributed by atoms with van der Waals surface area (Å²) in [7, 11) is 0. The summed E-state index contributed by atoms with van der Waals surface area (Å²) in [5, 5.41) is 16.8. The minimum absolute atomic E-state index is 0.232. The first-order chi connectivity index (χ1) is 13.7. The van der Waals surface area contributed by atoms with Gasteiger partial charge >= 0.3 is 0 Å². The predicted octanol–water partition coefficient (Wildman–Crippen LogP) is 3.22. The summed E-state index contributed by atoms with van der Waals surface area (Å²) in [6.45, 7) is 3.40. The maximum absolute atomic E-state index is 12.4. The molecule has 1 amide bonds. The van der Waals surface area contributed by atoms with Crippen LogP contribution in [0.5, 0.6) is 0 Å². The smallest absolute Gasteiger partial charge is 0.252 e. The van der Waals surface area contributed by atoms with Gasteiger partial charge in [0.25, 0.3) is 5.91 Å². The predicted molar refractivity (Wildman–Crippen MR) is 106 cm³/mol. The van der Waals surface area contributed by atoms with Crippen LogP contribution in [0.3, 0.4) is 0 Å². The van der Waals surface area contributed by atoms with Crippen LogP contribution in [-0.2, 0) is 19.6 Å². The summed E-state index contributed by atoms with van der Waals surface area (Å²) >= 11 is 0. The molecule has 2 aliphatic rings. The Morgan fingerprint density at radius 1 is 1.18 bits per heavy atom. The molecule has 6 heteroatoms. The Morgan fingerprint density at radius 2 is 2.00 bits per heavy atom. The van der Waals surface area contributed by atoms with E-state index in [1.54, 1.807) is 24.3 Å². The van der Waals surface area contributed by atoms with E-state index in [0.717, 1.165) is 31.7 Å². The molecule has 0 atom stereocenters. The molecule has 0 radical (unpaired) electrons. The minimum atomic E-state index is -0.232. The summed E-state index contributed by atoms with van der Waals surface area (Å²) in [4.78, 5) is 15.1. The van der Waals surface area contributed by atoms with Crippen molar-refractivity contribution < 1.29 is 4.79 Å². The molecule has 146 valence electrons. The highest BCUT2D eigenvalue weighted by molar-refractivity contribution is 5.96. The van der Waals surface area contributed by atoms with Crippen molar-refractivity contribution in [2.24, 2.45) is 0 Å². The summed E-state index contributed by atoms with van der Waals surface area (Å²) in [6.07, 6.45) is 7.82. The standard InChI is InChI=1S/C22H27N5O/c23-14-17-7-4-5-10-21(17)22(28)24-15-18-13-20-16-26(11-6-12-27(20)25-18)19-8-2-1-3-9-19/h4-5,7,10,13,19H,1-3,6,8-9,11-12,15-16H2,(H,24,28). The number of aryl methyl sites for hydroxylation is 1. The van der Waals surface area contributed by atoms with Crippen LogP contribution < -0.4 is 5.32 Å². The largest absolute Gasteiger partial charge is 0.346 e. The molecule has 2 aromatic rings. The molecule has 0 spiro atoms. The second-order valence-corrected chi connectivity index (χ2v) is 7.81. The first-order valence-corrected chi connectivity index (χ1v) is 10.3. The highest BCUT2D eigenvalue weighted by Crippen LogP contribution is 2.26.